The van der Waals surface area contributed by atoms with Crippen molar-refractivity contribution in [1.29, 1.82) is 0 Å². The maximum Gasteiger partial charge on any atom is 0.281 e. The zero-order valence-electron chi connectivity index (χ0n) is 10.4. The molecule has 0 amide bonds. The van der Waals surface area contributed by atoms with Crippen LogP contribution in [0.1, 0.15) is 5.56 Å². The van der Waals surface area contributed by atoms with Crippen molar-refractivity contribution in [3.05, 3.63) is 58.5 Å². The molecule has 2 aromatic heterocycles. The van der Waals surface area contributed by atoms with Crippen LogP contribution in [-0.4, -0.2) is 14.6 Å². The van der Waals surface area contributed by atoms with Crippen molar-refractivity contribution < 1.29 is 0 Å². The molecular formula is C14H12N4O. The molecule has 3 aromatic rings. The van der Waals surface area contributed by atoms with E-state index in [2.05, 4.69) is 9.97 Å². The number of rotatable bonds is 1. The zero-order chi connectivity index (χ0) is 13.4. The van der Waals surface area contributed by atoms with E-state index in [1.165, 1.54) is 0 Å². The summed E-state index contributed by atoms with van der Waals surface area (Å²) in [5.74, 6) is 6.26. The summed E-state index contributed by atoms with van der Waals surface area (Å²) < 4.78 is 1.07. The van der Waals surface area contributed by atoms with Crippen molar-refractivity contribution in [3.8, 4) is 11.4 Å². The molecule has 5 nitrogen and oxygen atoms in total. The van der Waals surface area contributed by atoms with E-state index >= 15 is 0 Å². The van der Waals surface area contributed by atoms with Gasteiger partial charge in [0.15, 0.2) is 11.5 Å². The first-order chi connectivity index (χ1) is 9.16. The fraction of sp³-hybridized carbons (Fsp3) is 0.0714. The Bertz CT molecular complexity index is 823. The maximum atomic E-state index is 12.2. The molecule has 0 saturated heterocycles. The highest BCUT2D eigenvalue weighted by molar-refractivity contribution is 5.75. The van der Waals surface area contributed by atoms with Crippen molar-refractivity contribution >= 4 is 11.0 Å². The van der Waals surface area contributed by atoms with Crippen molar-refractivity contribution in [2.24, 2.45) is 0 Å². The number of aryl methyl sites for hydroxylation is 1. The molecule has 5 heteroatoms. The van der Waals surface area contributed by atoms with Gasteiger partial charge in [-0.1, -0.05) is 23.8 Å². The predicted molar refractivity (Wildman–Crippen MR) is 74.1 cm³/mol. The highest BCUT2D eigenvalue weighted by atomic mass is 16.1. The monoisotopic (exact) mass is 252 g/mol. The predicted octanol–water partition coefficient (Wildman–Crippen LogP) is 1.48. The quantitative estimate of drug-likeness (QED) is 0.666. The molecule has 2 heterocycles. The van der Waals surface area contributed by atoms with E-state index < -0.39 is 0 Å². The normalized spacial score (nSPS) is 10.8. The maximum absolute atomic E-state index is 12.2. The first-order valence-corrected chi connectivity index (χ1v) is 5.87. The van der Waals surface area contributed by atoms with Gasteiger partial charge in [0.05, 0.1) is 5.39 Å². The number of aromatic nitrogens is 3. The average molecular weight is 252 g/mol. The Morgan fingerprint density at radius 1 is 1.21 bits per heavy atom. The summed E-state index contributed by atoms with van der Waals surface area (Å²) in [6.07, 6.45) is 1.61. The Morgan fingerprint density at radius 2 is 2.05 bits per heavy atom. The Hall–Kier alpha value is -2.69. The second kappa shape index (κ2) is 4.20. The minimum Gasteiger partial charge on any atom is -0.334 e. The van der Waals surface area contributed by atoms with Crippen LogP contribution < -0.4 is 11.4 Å². The van der Waals surface area contributed by atoms with Crippen LogP contribution in [0, 0.1) is 6.92 Å². The molecule has 3 rings (SSSR count). The Balaban J connectivity index is 2.36. The van der Waals surface area contributed by atoms with Crippen molar-refractivity contribution in [2.75, 3.05) is 5.84 Å². The number of fused-ring (bicyclic) bond motifs is 1. The molecule has 0 bridgehead atoms. The lowest BCUT2D eigenvalue weighted by molar-refractivity contribution is 0.922. The number of nitrogen functional groups attached to an aromatic ring is 1. The smallest absolute Gasteiger partial charge is 0.281 e. The number of hydrogen-bond donors (Lipinski definition) is 1. The SMILES string of the molecule is Cc1cccc(-c2nc3ncccc3c(=O)n2N)c1. The van der Waals surface area contributed by atoms with Crippen LogP contribution in [0.2, 0.25) is 0 Å². The Labute approximate surface area is 109 Å². The molecule has 2 N–H and O–H groups in total. The summed E-state index contributed by atoms with van der Waals surface area (Å²) in [6.45, 7) is 1.97. The molecule has 0 atom stereocenters. The Kier molecular flexibility index (Phi) is 2.52. The zero-order valence-corrected chi connectivity index (χ0v) is 10.4. The van der Waals surface area contributed by atoms with E-state index in [1.807, 2.05) is 31.2 Å². The summed E-state index contributed by atoms with van der Waals surface area (Å²) in [6, 6.07) is 11.0. The van der Waals surface area contributed by atoms with Crippen LogP contribution in [0.5, 0.6) is 0 Å². The van der Waals surface area contributed by atoms with Gasteiger partial charge in [0, 0.05) is 11.8 Å². The number of nitrogens with zero attached hydrogens (tertiary/aromatic N) is 3. The summed E-state index contributed by atoms with van der Waals surface area (Å²) >= 11 is 0. The third-order valence-electron chi connectivity index (χ3n) is 2.95. The van der Waals surface area contributed by atoms with E-state index in [-0.39, 0.29) is 5.56 Å². The van der Waals surface area contributed by atoms with Crippen LogP contribution in [0.3, 0.4) is 0 Å². The van der Waals surface area contributed by atoms with Gasteiger partial charge in [0.25, 0.3) is 5.56 Å². The molecular weight excluding hydrogens is 240 g/mol. The van der Waals surface area contributed by atoms with Gasteiger partial charge in [-0.15, -0.1) is 0 Å². The summed E-state index contributed by atoms with van der Waals surface area (Å²) in [4.78, 5) is 20.7. The van der Waals surface area contributed by atoms with Gasteiger partial charge in [-0.3, -0.25) is 4.79 Å². The van der Waals surface area contributed by atoms with E-state index in [4.69, 9.17) is 5.84 Å². The van der Waals surface area contributed by atoms with Gasteiger partial charge in [-0.2, -0.15) is 0 Å². The molecule has 0 fully saturated rings. The molecule has 0 unspecified atom stereocenters. The fourth-order valence-corrected chi connectivity index (χ4v) is 2.02. The standard InChI is InChI=1S/C14H12N4O/c1-9-4-2-5-10(8-9)13-17-12-11(6-3-7-16-12)14(19)18(13)15/h2-8H,15H2,1H3. The average Bonchev–Trinajstić information content (AvgIpc) is 2.43. The van der Waals surface area contributed by atoms with E-state index in [0.717, 1.165) is 15.8 Å². The highest BCUT2D eigenvalue weighted by Gasteiger charge is 2.11. The lowest BCUT2D eigenvalue weighted by Crippen LogP contribution is -2.30. The van der Waals surface area contributed by atoms with Crippen LogP contribution in [0.15, 0.2) is 47.4 Å². The highest BCUT2D eigenvalue weighted by Crippen LogP contribution is 2.17. The van der Waals surface area contributed by atoms with Crippen molar-refractivity contribution in [2.45, 2.75) is 6.92 Å². The van der Waals surface area contributed by atoms with Gasteiger partial charge in [0.2, 0.25) is 0 Å². The summed E-state index contributed by atoms with van der Waals surface area (Å²) in [5, 5.41) is 0.418. The van der Waals surface area contributed by atoms with E-state index in [0.29, 0.717) is 16.9 Å². The second-order valence-corrected chi connectivity index (χ2v) is 4.35. The molecule has 0 spiro atoms. The summed E-state index contributed by atoms with van der Waals surface area (Å²) in [5.41, 5.74) is 1.99. The number of hydrogen-bond acceptors (Lipinski definition) is 4. The molecule has 19 heavy (non-hydrogen) atoms. The third kappa shape index (κ3) is 1.85. The third-order valence-corrected chi connectivity index (χ3v) is 2.95. The molecule has 94 valence electrons. The van der Waals surface area contributed by atoms with Gasteiger partial charge in [-0.25, -0.2) is 14.6 Å². The minimum absolute atomic E-state index is 0.297. The fourth-order valence-electron chi connectivity index (χ4n) is 2.02. The largest absolute Gasteiger partial charge is 0.334 e. The molecule has 0 aliphatic heterocycles. The number of pyridine rings is 1. The molecule has 0 saturated carbocycles. The van der Waals surface area contributed by atoms with Crippen LogP contribution in [0.25, 0.3) is 22.4 Å². The molecule has 0 radical (unpaired) electrons. The van der Waals surface area contributed by atoms with Gasteiger partial charge in [-0.05, 0) is 25.1 Å². The minimum atomic E-state index is -0.297. The topological polar surface area (TPSA) is 73.8 Å². The molecule has 1 aromatic carbocycles. The Morgan fingerprint density at radius 3 is 2.84 bits per heavy atom. The van der Waals surface area contributed by atoms with Crippen molar-refractivity contribution in [1.82, 2.24) is 14.6 Å². The lowest BCUT2D eigenvalue weighted by atomic mass is 10.1. The number of benzene rings is 1. The second-order valence-electron chi connectivity index (χ2n) is 4.35. The number of nitrogens with two attached hydrogens (primary N) is 1. The first-order valence-electron chi connectivity index (χ1n) is 5.87. The van der Waals surface area contributed by atoms with Crippen LogP contribution in [-0.2, 0) is 0 Å². The lowest BCUT2D eigenvalue weighted by Gasteiger charge is -2.08. The molecule has 0 aliphatic carbocycles. The van der Waals surface area contributed by atoms with Crippen molar-refractivity contribution in [3.63, 3.8) is 0 Å². The summed E-state index contributed by atoms with van der Waals surface area (Å²) in [7, 11) is 0. The van der Waals surface area contributed by atoms with Gasteiger partial charge in [0.1, 0.15) is 0 Å². The van der Waals surface area contributed by atoms with Gasteiger partial charge >= 0.3 is 0 Å². The van der Waals surface area contributed by atoms with Gasteiger partial charge < -0.3 is 5.84 Å². The van der Waals surface area contributed by atoms with Crippen LogP contribution in [0.4, 0.5) is 0 Å². The first kappa shape index (κ1) is 11.4. The van der Waals surface area contributed by atoms with Crippen LogP contribution >= 0.6 is 0 Å². The van der Waals surface area contributed by atoms with E-state index in [1.54, 1.807) is 18.3 Å². The molecule has 0 aliphatic rings. The van der Waals surface area contributed by atoms with E-state index in [9.17, 15) is 4.79 Å².